The predicted octanol–water partition coefficient (Wildman–Crippen LogP) is 13.9. The molecule has 0 aliphatic heterocycles. The smallest absolute Gasteiger partial charge is 0.0462 e. The molecule has 7 rings (SSSR count). The van der Waals surface area contributed by atoms with Crippen molar-refractivity contribution >= 4 is 58.4 Å². The van der Waals surface area contributed by atoms with Crippen LogP contribution in [0.1, 0.15) is 38.9 Å². The summed E-state index contributed by atoms with van der Waals surface area (Å²) in [7, 11) is 0. The highest BCUT2D eigenvalue weighted by molar-refractivity contribution is 5.80. The lowest BCUT2D eigenvalue weighted by Crippen LogP contribution is -2.09. The summed E-state index contributed by atoms with van der Waals surface area (Å²) in [5, 5.41) is 0. The molecule has 0 fully saturated rings. The summed E-state index contributed by atoms with van der Waals surface area (Å²) in [4.78, 5) is 4.59. The molecule has 0 saturated heterocycles. The highest BCUT2D eigenvalue weighted by atomic mass is 15.1. The molecule has 2 nitrogen and oxygen atoms in total. The number of anilines is 6. The molecule has 0 aromatic heterocycles. The molecule has 7 aromatic rings. The Morgan fingerprint density at radius 2 is 0.471 bits per heavy atom. The first-order valence-corrected chi connectivity index (χ1v) is 17.5. The molecule has 248 valence electrons. The van der Waals surface area contributed by atoms with Crippen LogP contribution in [0.15, 0.2) is 176 Å². The maximum Gasteiger partial charge on any atom is 0.0462 e. The van der Waals surface area contributed by atoms with E-state index in [9.17, 15) is 0 Å². The van der Waals surface area contributed by atoms with E-state index in [4.69, 9.17) is 0 Å². The molecule has 0 radical (unpaired) electrons. The fourth-order valence-corrected chi connectivity index (χ4v) is 6.13. The van der Waals surface area contributed by atoms with Gasteiger partial charge in [0.15, 0.2) is 0 Å². The number of nitrogens with zero attached hydrogens (tertiary/aromatic N) is 2. The number of benzene rings is 7. The molecule has 0 bridgehead atoms. The minimum atomic E-state index is 1.13. The molecule has 2 heteroatoms. The van der Waals surface area contributed by atoms with Gasteiger partial charge in [0.2, 0.25) is 0 Å². The van der Waals surface area contributed by atoms with Crippen molar-refractivity contribution in [1.29, 1.82) is 0 Å². The summed E-state index contributed by atoms with van der Waals surface area (Å²) in [6.45, 7) is 6.37. The van der Waals surface area contributed by atoms with Crippen molar-refractivity contribution in [2.24, 2.45) is 0 Å². The van der Waals surface area contributed by atoms with Crippen LogP contribution in [0.3, 0.4) is 0 Å². The zero-order chi connectivity index (χ0) is 35.0. The van der Waals surface area contributed by atoms with Crippen LogP contribution in [0.25, 0.3) is 24.3 Å². The minimum Gasteiger partial charge on any atom is -0.311 e. The van der Waals surface area contributed by atoms with E-state index in [1.807, 2.05) is 0 Å². The molecule has 0 atom stereocenters. The van der Waals surface area contributed by atoms with Crippen LogP contribution in [-0.2, 0) is 0 Å². The van der Waals surface area contributed by atoms with Gasteiger partial charge in [-0.1, -0.05) is 144 Å². The van der Waals surface area contributed by atoms with Gasteiger partial charge in [0, 0.05) is 34.1 Å². The van der Waals surface area contributed by atoms with Crippen LogP contribution in [0, 0.1) is 20.8 Å². The Bertz CT molecular complexity index is 2170. The van der Waals surface area contributed by atoms with E-state index in [-0.39, 0.29) is 0 Å². The maximum absolute atomic E-state index is 2.30. The van der Waals surface area contributed by atoms with Crippen LogP contribution in [0.2, 0.25) is 0 Å². The summed E-state index contributed by atoms with van der Waals surface area (Å²) in [6, 6.07) is 62.8. The van der Waals surface area contributed by atoms with Crippen LogP contribution in [0.5, 0.6) is 0 Å². The molecule has 51 heavy (non-hydrogen) atoms. The second kappa shape index (κ2) is 15.4. The van der Waals surface area contributed by atoms with Crippen LogP contribution >= 0.6 is 0 Å². The molecule has 0 heterocycles. The van der Waals surface area contributed by atoms with E-state index in [0.717, 1.165) is 45.3 Å². The maximum atomic E-state index is 2.30. The van der Waals surface area contributed by atoms with Crippen molar-refractivity contribution < 1.29 is 0 Å². The van der Waals surface area contributed by atoms with E-state index < -0.39 is 0 Å². The molecular formula is C49H42N2. The summed E-state index contributed by atoms with van der Waals surface area (Å²) in [5.74, 6) is 0. The third kappa shape index (κ3) is 8.26. The first kappa shape index (κ1) is 33.1. The Morgan fingerprint density at radius 3 is 0.745 bits per heavy atom. The van der Waals surface area contributed by atoms with Crippen LogP contribution < -0.4 is 9.80 Å². The largest absolute Gasteiger partial charge is 0.311 e. The summed E-state index contributed by atoms with van der Waals surface area (Å²) in [5.41, 5.74) is 15.2. The first-order valence-electron chi connectivity index (χ1n) is 17.5. The topological polar surface area (TPSA) is 6.48 Å². The fraction of sp³-hybridized carbons (Fsp3) is 0.0612. The highest BCUT2D eigenvalue weighted by Crippen LogP contribution is 2.36. The van der Waals surface area contributed by atoms with Gasteiger partial charge in [0.05, 0.1) is 0 Å². The third-order valence-electron chi connectivity index (χ3n) is 9.07. The highest BCUT2D eigenvalue weighted by Gasteiger charge is 2.13. The quantitative estimate of drug-likeness (QED) is 0.135. The molecule has 0 aliphatic rings. The molecule has 0 aliphatic carbocycles. The van der Waals surface area contributed by atoms with Crippen molar-refractivity contribution in [3.05, 3.63) is 215 Å². The van der Waals surface area contributed by atoms with Gasteiger partial charge in [0.1, 0.15) is 0 Å². The Morgan fingerprint density at radius 1 is 0.255 bits per heavy atom. The molecule has 0 spiro atoms. The van der Waals surface area contributed by atoms with Gasteiger partial charge < -0.3 is 9.80 Å². The Balaban J connectivity index is 1.02. The van der Waals surface area contributed by atoms with Crippen LogP contribution in [0.4, 0.5) is 34.1 Å². The van der Waals surface area contributed by atoms with Gasteiger partial charge >= 0.3 is 0 Å². The van der Waals surface area contributed by atoms with E-state index in [0.29, 0.717) is 0 Å². The Hall–Kier alpha value is -6.38. The van der Waals surface area contributed by atoms with E-state index in [1.165, 1.54) is 27.8 Å². The van der Waals surface area contributed by atoms with Crippen molar-refractivity contribution in [2.75, 3.05) is 9.80 Å². The lowest BCUT2D eigenvalue weighted by Gasteiger charge is -2.25. The molecule has 0 unspecified atom stereocenters. The predicted molar refractivity (Wildman–Crippen MR) is 221 cm³/mol. The average molecular weight is 659 g/mol. The Kier molecular flexibility index (Phi) is 10.0. The monoisotopic (exact) mass is 658 g/mol. The second-order valence-electron chi connectivity index (χ2n) is 13.0. The second-order valence-corrected chi connectivity index (χ2v) is 13.0. The zero-order valence-electron chi connectivity index (χ0n) is 29.4. The van der Waals surface area contributed by atoms with Crippen molar-refractivity contribution in [2.45, 2.75) is 20.8 Å². The van der Waals surface area contributed by atoms with Gasteiger partial charge in [-0.05, 0) is 116 Å². The normalized spacial score (nSPS) is 11.3. The zero-order valence-corrected chi connectivity index (χ0v) is 29.4. The van der Waals surface area contributed by atoms with E-state index >= 15 is 0 Å². The standard InChI is InChI=1S/C49H42N2/c1-37-9-27-45(28-10-37)50(44-7-5-4-6-8-44)48-33-23-42(24-34-48)21-19-40-15-17-41(18-16-40)20-22-43-25-35-49(36-26-43)51(46-29-11-38(2)12-30-46)47-31-13-39(3)14-32-47/h4-36H,1-3H3. The van der Waals surface area contributed by atoms with Crippen molar-refractivity contribution in [1.82, 2.24) is 0 Å². The van der Waals surface area contributed by atoms with Gasteiger partial charge in [-0.25, -0.2) is 0 Å². The summed E-state index contributed by atoms with van der Waals surface area (Å²) >= 11 is 0. The summed E-state index contributed by atoms with van der Waals surface area (Å²) < 4.78 is 0. The van der Waals surface area contributed by atoms with Gasteiger partial charge in [-0.15, -0.1) is 0 Å². The van der Waals surface area contributed by atoms with Crippen LogP contribution in [-0.4, -0.2) is 0 Å². The third-order valence-corrected chi connectivity index (χ3v) is 9.07. The van der Waals surface area contributed by atoms with Gasteiger partial charge in [-0.2, -0.15) is 0 Å². The van der Waals surface area contributed by atoms with Gasteiger partial charge in [0.25, 0.3) is 0 Å². The minimum absolute atomic E-state index is 1.13. The number of aryl methyl sites for hydroxylation is 3. The van der Waals surface area contributed by atoms with E-state index in [2.05, 4.69) is 231 Å². The SMILES string of the molecule is Cc1ccc(N(c2ccccc2)c2ccc(C=Cc3ccc(C=Cc4ccc(N(c5ccc(C)cc5)c5ccc(C)cc5)cc4)cc3)cc2)cc1. The lowest BCUT2D eigenvalue weighted by molar-refractivity contribution is 1.27. The number of hydrogen-bond acceptors (Lipinski definition) is 2. The van der Waals surface area contributed by atoms with Crippen molar-refractivity contribution in [3.8, 4) is 0 Å². The molecule has 0 amide bonds. The molecular weight excluding hydrogens is 617 g/mol. The fourth-order valence-electron chi connectivity index (χ4n) is 6.13. The summed E-state index contributed by atoms with van der Waals surface area (Å²) in [6.07, 6.45) is 8.69. The number of hydrogen-bond donors (Lipinski definition) is 0. The molecule has 0 saturated carbocycles. The van der Waals surface area contributed by atoms with E-state index in [1.54, 1.807) is 0 Å². The lowest BCUT2D eigenvalue weighted by atomic mass is 10.1. The number of para-hydroxylation sites is 1. The average Bonchev–Trinajstić information content (AvgIpc) is 3.17. The van der Waals surface area contributed by atoms with Crippen molar-refractivity contribution in [3.63, 3.8) is 0 Å². The first-order chi connectivity index (χ1) is 25.0. The Labute approximate surface area is 302 Å². The molecule has 0 N–H and O–H groups in total. The van der Waals surface area contributed by atoms with Gasteiger partial charge in [-0.3, -0.25) is 0 Å². The molecule has 7 aromatic carbocycles. The number of rotatable bonds is 10.